The molecule has 2 aliphatic rings. The Kier molecular flexibility index (Phi) is 8.62. The van der Waals surface area contributed by atoms with Crippen LogP contribution in [0.2, 0.25) is 0 Å². The largest absolute Gasteiger partial charge is 0.466 e. The monoisotopic (exact) mass is 498 g/mol. The standard InChI is InChI=1S/C26H34N4O4S/c1-4-34-25(32)22-6-5-11-30(16-22)24(31)21-9-7-20(8-10-21)17-35-26-27-19(3)18(2)23(28-26)29-12-14-33-15-13-29/h7-10,22H,4-6,11-17H2,1-3H3. The molecule has 1 unspecified atom stereocenters. The van der Waals surface area contributed by atoms with Gasteiger partial charge in [-0.3, -0.25) is 9.59 Å². The number of aromatic nitrogens is 2. The number of hydrogen-bond acceptors (Lipinski definition) is 8. The summed E-state index contributed by atoms with van der Waals surface area (Å²) >= 11 is 1.60. The predicted molar refractivity (Wildman–Crippen MR) is 136 cm³/mol. The summed E-state index contributed by atoms with van der Waals surface area (Å²) in [5, 5.41) is 0.757. The van der Waals surface area contributed by atoms with Gasteiger partial charge in [0.05, 0.1) is 25.7 Å². The zero-order valence-corrected chi connectivity index (χ0v) is 21.6. The lowest BCUT2D eigenvalue weighted by atomic mass is 9.97. The Morgan fingerprint density at radius 1 is 1.11 bits per heavy atom. The van der Waals surface area contributed by atoms with E-state index in [4.69, 9.17) is 14.5 Å². The van der Waals surface area contributed by atoms with Crippen LogP contribution >= 0.6 is 11.8 Å². The fraction of sp³-hybridized carbons (Fsp3) is 0.538. The number of thioether (sulfide) groups is 1. The van der Waals surface area contributed by atoms with Crippen LogP contribution in [-0.2, 0) is 20.0 Å². The third-order valence-electron chi connectivity index (χ3n) is 6.55. The number of carbonyl (C=O) groups is 2. The number of aryl methyl sites for hydroxylation is 1. The molecule has 2 aromatic rings. The Morgan fingerprint density at radius 3 is 2.57 bits per heavy atom. The SMILES string of the molecule is CCOC(=O)C1CCCN(C(=O)c2ccc(CSc3nc(C)c(C)c(N4CCOCC4)n3)cc2)C1. The summed E-state index contributed by atoms with van der Waals surface area (Å²) in [6.45, 7) is 10.5. The number of rotatable bonds is 7. The number of hydrogen-bond donors (Lipinski definition) is 0. The molecule has 3 heterocycles. The van der Waals surface area contributed by atoms with E-state index >= 15 is 0 Å². The van der Waals surface area contributed by atoms with E-state index in [9.17, 15) is 9.59 Å². The van der Waals surface area contributed by atoms with Gasteiger partial charge in [-0.1, -0.05) is 23.9 Å². The number of likely N-dealkylation sites (tertiary alicyclic amines) is 1. The molecule has 4 rings (SSSR count). The lowest BCUT2D eigenvalue weighted by molar-refractivity contribution is -0.149. The topological polar surface area (TPSA) is 84.9 Å². The Bertz CT molecular complexity index is 1040. The number of benzene rings is 1. The van der Waals surface area contributed by atoms with Crippen molar-refractivity contribution < 1.29 is 19.1 Å². The number of morpholine rings is 1. The first-order valence-corrected chi connectivity index (χ1v) is 13.3. The molecule has 1 amide bonds. The molecule has 0 saturated carbocycles. The molecule has 9 heteroatoms. The van der Waals surface area contributed by atoms with Crippen molar-refractivity contribution in [1.82, 2.24) is 14.9 Å². The van der Waals surface area contributed by atoms with Gasteiger partial charge in [0.2, 0.25) is 0 Å². The second-order valence-electron chi connectivity index (χ2n) is 8.97. The summed E-state index contributed by atoms with van der Waals surface area (Å²) in [6, 6.07) is 7.70. The van der Waals surface area contributed by atoms with Gasteiger partial charge < -0.3 is 19.3 Å². The highest BCUT2D eigenvalue weighted by molar-refractivity contribution is 7.98. The zero-order valence-electron chi connectivity index (χ0n) is 20.8. The number of carbonyl (C=O) groups excluding carboxylic acids is 2. The highest BCUT2D eigenvalue weighted by Crippen LogP contribution is 2.27. The van der Waals surface area contributed by atoms with Crippen molar-refractivity contribution in [2.24, 2.45) is 5.92 Å². The molecule has 1 aromatic heterocycles. The van der Waals surface area contributed by atoms with E-state index in [-0.39, 0.29) is 17.8 Å². The maximum atomic E-state index is 13.0. The molecule has 188 valence electrons. The fourth-order valence-corrected chi connectivity index (χ4v) is 5.26. The number of esters is 1. The molecule has 1 atom stereocenters. The van der Waals surface area contributed by atoms with Crippen LogP contribution in [-0.4, -0.2) is 72.7 Å². The van der Waals surface area contributed by atoms with E-state index in [0.29, 0.717) is 31.0 Å². The third kappa shape index (κ3) is 6.32. The Morgan fingerprint density at radius 2 is 1.86 bits per heavy atom. The maximum absolute atomic E-state index is 13.0. The van der Waals surface area contributed by atoms with Gasteiger partial charge in [0.25, 0.3) is 5.91 Å². The second-order valence-corrected chi connectivity index (χ2v) is 9.91. The minimum atomic E-state index is -0.233. The summed E-state index contributed by atoms with van der Waals surface area (Å²) in [5.41, 5.74) is 3.85. The predicted octanol–water partition coefficient (Wildman–Crippen LogP) is 3.64. The summed E-state index contributed by atoms with van der Waals surface area (Å²) in [7, 11) is 0. The van der Waals surface area contributed by atoms with E-state index in [2.05, 4.69) is 16.8 Å². The first-order chi connectivity index (χ1) is 17.0. The van der Waals surface area contributed by atoms with Crippen LogP contribution in [0.5, 0.6) is 0 Å². The normalized spacial score (nSPS) is 18.4. The van der Waals surface area contributed by atoms with Crippen molar-refractivity contribution in [3.8, 4) is 0 Å². The van der Waals surface area contributed by atoms with Gasteiger partial charge >= 0.3 is 5.97 Å². The van der Waals surface area contributed by atoms with Gasteiger partial charge in [-0.15, -0.1) is 0 Å². The Labute approximate surface area is 211 Å². The lowest BCUT2D eigenvalue weighted by Crippen LogP contribution is -2.42. The first-order valence-electron chi connectivity index (χ1n) is 12.3. The van der Waals surface area contributed by atoms with Crippen molar-refractivity contribution in [3.05, 3.63) is 46.6 Å². The summed E-state index contributed by atoms with van der Waals surface area (Å²) in [4.78, 5) is 38.7. The van der Waals surface area contributed by atoms with Crippen molar-refractivity contribution >= 4 is 29.5 Å². The molecule has 0 radical (unpaired) electrons. The Hall–Kier alpha value is -2.65. The van der Waals surface area contributed by atoms with E-state index in [0.717, 1.165) is 66.9 Å². The van der Waals surface area contributed by atoms with Crippen LogP contribution in [0.4, 0.5) is 5.82 Å². The van der Waals surface area contributed by atoms with E-state index in [1.165, 1.54) is 0 Å². The van der Waals surface area contributed by atoms with Crippen LogP contribution in [0.15, 0.2) is 29.4 Å². The number of piperidine rings is 1. The van der Waals surface area contributed by atoms with Gasteiger partial charge in [0, 0.05) is 48.8 Å². The fourth-order valence-electron chi connectivity index (χ4n) is 4.42. The quantitative estimate of drug-likeness (QED) is 0.325. The van der Waals surface area contributed by atoms with Crippen molar-refractivity contribution in [2.75, 3.05) is 50.9 Å². The van der Waals surface area contributed by atoms with Crippen LogP contribution in [0.1, 0.15) is 46.9 Å². The average Bonchev–Trinajstić information content (AvgIpc) is 2.90. The first kappa shape index (κ1) is 25.4. The molecular weight excluding hydrogens is 464 g/mol. The smallest absolute Gasteiger partial charge is 0.310 e. The molecule has 0 N–H and O–H groups in total. The van der Waals surface area contributed by atoms with Crippen LogP contribution in [0.3, 0.4) is 0 Å². The zero-order chi connectivity index (χ0) is 24.8. The molecule has 2 saturated heterocycles. The Balaban J connectivity index is 1.37. The minimum Gasteiger partial charge on any atom is -0.466 e. The highest BCUT2D eigenvalue weighted by atomic mass is 32.2. The molecular formula is C26H34N4O4S. The molecule has 0 aliphatic carbocycles. The van der Waals surface area contributed by atoms with E-state index < -0.39 is 0 Å². The highest BCUT2D eigenvalue weighted by Gasteiger charge is 2.29. The van der Waals surface area contributed by atoms with Crippen LogP contribution < -0.4 is 4.90 Å². The summed E-state index contributed by atoms with van der Waals surface area (Å²) in [6.07, 6.45) is 1.58. The van der Waals surface area contributed by atoms with Gasteiger partial charge in [-0.05, 0) is 51.3 Å². The molecule has 2 fully saturated rings. The van der Waals surface area contributed by atoms with Crippen LogP contribution in [0, 0.1) is 19.8 Å². The van der Waals surface area contributed by atoms with E-state index in [1.54, 1.807) is 23.6 Å². The molecule has 1 aromatic carbocycles. The maximum Gasteiger partial charge on any atom is 0.310 e. The molecule has 2 aliphatic heterocycles. The van der Waals surface area contributed by atoms with Crippen LogP contribution in [0.25, 0.3) is 0 Å². The lowest BCUT2D eigenvalue weighted by Gasteiger charge is -2.31. The van der Waals surface area contributed by atoms with Gasteiger partial charge in [0.15, 0.2) is 5.16 Å². The molecule has 8 nitrogen and oxygen atoms in total. The second kappa shape index (κ2) is 11.9. The number of anilines is 1. The van der Waals surface area contributed by atoms with Gasteiger partial charge in [0.1, 0.15) is 5.82 Å². The molecule has 35 heavy (non-hydrogen) atoms. The summed E-state index contributed by atoms with van der Waals surface area (Å²) in [5.74, 6) is 1.23. The average molecular weight is 499 g/mol. The van der Waals surface area contributed by atoms with Crippen molar-refractivity contribution in [3.63, 3.8) is 0 Å². The van der Waals surface area contributed by atoms with Crippen molar-refractivity contribution in [1.29, 1.82) is 0 Å². The summed E-state index contributed by atoms with van der Waals surface area (Å²) < 4.78 is 10.6. The number of ether oxygens (including phenoxy) is 2. The van der Waals surface area contributed by atoms with E-state index in [1.807, 2.05) is 31.2 Å². The molecule has 0 spiro atoms. The van der Waals surface area contributed by atoms with Gasteiger partial charge in [-0.2, -0.15) is 0 Å². The third-order valence-corrected chi connectivity index (χ3v) is 7.47. The van der Waals surface area contributed by atoms with Gasteiger partial charge in [-0.25, -0.2) is 9.97 Å². The van der Waals surface area contributed by atoms with Crippen molar-refractivity contribution in [2.45, 2.75) is 44.5 Å². The minimum absolute atomic E-state index is 0.0363. The molecule has 0 bridgehead atoms. The number of amides is 1. The number of nitrogens with zero attached hydrogens (tertiary/aromatic N) is 4.